The van der Waals surface area contributed by atoms with E-state index in [1.807, 2.05) is 0 Å². The summed E-state index contributed by atoms with van der Waals surface area (Å²) in [6.07, 6.45) is 2.30. The second-order valence-electron chi connectivity index (χ2n) is 25.0. The number of hydrogen-bond acceptors (Lipinski definition) is 2. The van der Waals surface area contributed by atoms with Gasteiger partial charge in [0.25, 0.3) is 6.71 Å². The van der Waals surface area contributed by atoms with Crippen molar-refractivity contribution in [1.82, 2.24) is 0 Å². The fraction of sp³-hybridized carbons (Fsp3) is 0.294. The lowest BCUT2D eigenvalue weighted by Crippen LogP contribution is -2.62. The van der Waals surface area contributed by atoms with Crippen molar-refractivity contribution in [3.8, 4) is 22.3 Å². The number of rotatable bonds is 6. The molecule has 0 unspecified atom stereocenters. The Morgan fingerprint density at radius 2 is 0.930 bits per heavy atom. The predicted octanol–water partition coefficient (Wildman–Crippen LogP) is 16.7. The van der Waals surface area contributed by atoms with Crippen LogP contribution in [0.3, 0.4) is 0 Å². The Bertz CT molecular complexity index is 3300. The van der Waals surface area contributed by atoms with Gasteiger partial charge in [-0.1, -0.05) is 204 Å². The lowest BCUT2D eigenvalue weighted by atomic mass is 9.33. The summed E-state index contributed by atoms with van der Waals surface area (Å²) in [7, 11) is 0. The van der Waals surface area contributed by atoms with Crippen LogP contribution in [0.1, 0.15) is 135 Å². The van der Waals surface area contributed by atoms with E-state index in [0.717, 1.165) is 12.8 Å². The summed E-state index contributed by atoms with van der Waals surface area (Å²) in [6, 6.07) is 65.6. The first-order valence-corrected chi connectivity index (χ1v) is 26.2. The van der Waals surface area contributed by atoms with Gasteiger partial charge in [-0.15, -0.1) is 0 Å². The minimum absolute atomic E-state index is 0.00146. The van der Waals surface area contributed by atoms with Crippen LogP contribution in [0.2, 0.25) is 0 Å². The van der Waals surface area contributed by atoms with Gasteiger partial charge in [0, 0.05) is 45.0 Å². The lowest BCUT2D eigenvalue weighted by Gasteiger charge is -2.48. The number of hydrogen-bond donors (Lipinski definition) is 0. The molecule has 0 spiro atoms. The summed E-state index contributed by atoms with van der Waals surface area (Å²) < 4.78 is 0. The van der Waals surface area contributed by atoms with Gasteiger partial charge in [-0.05, 0) is 156 Å². The molecule has 0 saturated heterocycles. The highest BCUT2D eigenvalue weighted by atomic mass is 15.2. The predicted molar refractivity (Wildman–Crippen MR) is 307 cm³/mol. The molecule has 0 amide bonds. The van der Waals surface area contributed by atoms with E-state index in [-0.39, 0.29) is 33.8 Å². The first kappa shape index (κ1) is 46.8. The van der Waals surface area contributed by atoms with Crippen LogP contribution in [0.15, 0.2) is 170 Å². The van der Waals surface area contributed by atoms with Gasteiger partial charge in [0.2, 0.25) is 0 Å². The molecule has 8 aromatic rings. The van der Waals surface area contributed by atoms with Crippen molar-refractivity contribution in [2.45, 2.75) is 130 Å². The first-order valence-electron chi connectivity index (χ1n) is 26.2. The van der Waals surface area contributed by atoms with E-state index in [0.29, 0.717) is 0 Å². The van der Waals surface area contributed by atoms with Gasteiger partial charge in [-0.25, -0.2) is 0 Å². The molecule has 0 atom stereocenters. The van der Waals surface area contributed by atoms with Crippen LogP contribution in [-0.4, -0.2) is 6.71 Å². The molecular formula is C68H71BN2. The Kier molecular flexibility index (Phi) is 10.9. The molecule has 3 aliphatic rings. The Morgan fingerprint density at radius 1 is 0.423 bits per heavy atom. The molecule has 3 heteroatoms. The van der Waals surface area contributed by atoms with Crippen LogP contribution in [0.5, 0.6) is 0 Å². The van der Waals surface area contributed by atoms with Gasteiger partial charge in [0.05, 0.1) is 5.69 Å². The van der Waals surface area contributed by atoms with Crippen molar-refractivity contribution < 1.29 is 0 Å². The van der Waals surface area contributed by atoms with Gasteiger partial charge in [0.1, 0.15) is 0 Å². The zero-order valence-electron chi connectivity index (χ0n) is 44.6. The SMILES string of the molecule is Cc1cc2c3c(c1)N(c1c(-c4ccccc4)cc(C(C)(C)C)cc1-c1ccccc1)c1cc4c(cc1B3c1ccc(C(C)(C)c3ccccc3)cc1N2c1cccc(C(C)(C)C)c1)C(C)(C)CCC4(C)C. The number of fused-ring (bicyclic) bond motifs is 5. The maximum atomic E-state index is 2.73. The molecule has 0 fully saturated rings. The van der Waals surface area contributed by atoms with Crippen molar-refractivity contribution in [3.63, 3.8) is 0 Å². The molecule has 0 saturated carbocycles. The molecule has 2 nitrogen and oxygen atoms in total. The van der Waals surface area contributed by atoms with Crippen molar-refractivity contribution in [2.75, 3.05) is 9.80 Å². The molecular weight excluding hydrogens is 856 g/mol. The first-order chi connectivity index (χ1) is 33.6. The van der Waals surface area contributed by atoms with Crippen LogP contribution in [-0.2, 0) is 27.1 Å². The normalized spacial score (nSPS) is 15.7. The average molecular weight is 927 g/mol. The summed E-state index contributed by atoms with van der Waals surface area (Å²) in [6.45, 7) is 31.1. The molecule has 0 aromatic heterocycles. The number of anilines is 6. The molecule has 356 valence electrons. The number of nitrogens with zero attached hydrogens (tertiary/aromatic N) is 2. The Labute approximate surface area is 425 Å². The van der Waals surface area contributed by atoms with Crippen molar-refractivity contribution in [2.24, 2.45) is 0 Å². The molecule has 0 radical (unpaired) electrons. The third kappa shape index (κ3) is 7.78. The molecule has 0 bridgehead atoms. The molecule has 1 aliphatic carbocycles. The Morgan fingerprint density at radius 3 is 1.49 bits per heavy atom. The van der Waals surface area contributed by atoms with E-state index in [4.69, 9.17) is 0 Å². The molecule has 11 rings (SSSR count). The minimum Gasteiger partial charge on any atom is -0.311 e. The van der Waals surface area contributed by atoms with E-state index >= 15 is 0 Å². The summed E-state index contributed by atoms with van der Waals surface area (Å²) in [4.78, 5) is 5.36. The van der Waals surface area contributed by atoms with E-state index in [9.17, 15) is 0 Å². The van der Waals surface area contributed by atoms with E-state index < -0.39 is 0 Å². The van der Waals surface area contributed by atoms with Crippen molar-refractivity contribution in [1.29, 1.82) is 0 Å². The van der Waals surface area contributed by atoms with Crippen LogP contribution in [0.25, 0.3) is 22.3 Å². The maximum Gasteiger partial charge on any atom is 0.252 e. The van der Waals surface area contributed by atoms with Gasteiger partial charge < -0.3 is 9.80 Å². The minimum atomic E-state index is -0.232. The standard InChI is InChI=1S/C68H71BN2/c1-44-36-60-62-61(37-44)71(63-52(45-24-17-14-18-25-45)39-50(65(5,6)7)40-53(63)46-26-19-15-20-27-46)59-43-55-54(66(8,9)34-35-67(55,10)11)42-57(59)69(62)56-33-32-49(68(12,13)47-28-21-16-22-29-47)41-58(56)70(60)51-31-23-30-48(38-51)64(2,3)4/h14-33,36-43H,34-35H2,1-13H3. The Balaban J connectivity index is 1.31. The van der Waals surface area contributed by atoms with Gasteiger partial charge >= 0.3 is 0 Å². The highest BCUT2D eigenvalue weighted by molar-refractivity contribution is 7.00. The summed E-state index contributed by atoms with van der Waals surface area (Å²) in [5.41, 5.74) is 25.6. The quantitative estimate of drug-likeness (QED) is 0.153. The zero-order chi connectivity index (χ0) is 50.0. The zero-order valence-corrected chi connectivity index (χ0v) is 44.6. The molecule has 8 aromatic carbocycles. The molecule has 2 aliphatic heterocycles. The third-order valence-electron chi connectivity index (χ3n) is 16.7. The van der Waals surface area contributed by atoms with E-state index in [2.05, 4.69) is 270 Å². The largest absolute Gasteiger partial charge is 0.311 e. The van der Waals surface area contributed by atoms with Crippen molar-refractivity contribution >= 4 is 57.2 Å². The summed E-state index contributed by atoms with van der Waals surface area (Å²) in [5, 5.41) is 0. The maximum absolute atomic E-state index is 2.73. The smallest absolute Gasteiger partial charge is 0.252 e. The highest BCUT2D eigenvalue weighted by Gasteiger charge is 2.47. The molecule has 2 heterocycles. The molecule has 0 N–H and O–H groups in total. The van der Waals surface area contributed by atoms with Crippen LogP contribution >= 0.6 is 0 Å². The highest BCUT2D eigenvalue weighted by Crippen LogP contribution is 2.54. The summed E-state index contributed by atoms with van der Waals surface area (Å²) in [5.74, 6) is 0. The summed E-state index contributed by atoms with van der Waals surface area (Å²) >= 11 is 0. The number of benzene rings is 8. The fourth-order valence-electron chi connectivity index (χ4n) is 12.2. The fourth-order valence-corrected chi connectivity index (χ4v) is 12.2. The third-order valence-corrected chi connectivity index (χ3v) is 16.7. The second kappa shape index (κ2) is 16.5. The second-order valence-corrected chi connectivity index (χ2v) is 25.0. The van der Waals surface area contributed by atoms with Gasteiger partial charge in [0.15, 0.2) is 0 Å². The van der Waals surface area contributed by atoms with Crippen LogP contribution in [0.4, 0.5) is 34.1 Å². The van der Waals surface area contributed by atoms with Gasteiger partial charge in [-0.3, -0.25) is 0 Å². The lowest BCUT2D eigenvalue weighted by molar-refractivity contribution is 0.332. The monoisotopic (exact) mass is 927 g/mol. The topological polar surface area (TPSA) is 6.48 Å². The van der Waals surface area contributed by atoms with Crippen molar-refractivity contribution in [3.05, 3.63) is 209 Å². The van der Waals surface area contributed by atoms with Gasteiger partial charge in [-0.2, -0.15) is 0 Å². The molecule has 71 heavy (non-hydrogen) atoms. The van der Waals surface area contributed by atoms with E-state index in [1.54, 1.807) is 0 Å². The number of aryl methyl sites for hydroxylation is 1. The Hall–Kier alpha value is -6.58. The van der Waals surface area contributed by atoms with E-state index in [1.165, 1.54) is 112 Å². The van der Waals surface area contributed by atoms with Crippen LogP contribution < -0.4 is 26.2 Å². The van der Waals surface area contributed by atoms with Crippen LogP contribution in [0, 0.1) is 6.92 Å². The average Bonchev–Trinajstić information content (AvgIpc) is 3.34.